The van der Waals surface area contributed by atoms with Crippen molar-refractivity contribution in [2.75, 3.05) is 0 Å². The number of pyridine rings is 5. The van der Waals surface area contributed by atoms with Crippen LogP contribution in [0.25, 0.3) is 56.3 Å². The monoisotopic (exact) mass is 1170 g/mol. The number of aromatic nitrogens is 5. The third kappa shape index (κ3) is 16.5. The molecule has 0 radical (unpaired) electrons. The van der Waals surface area contributed by atoms with Crippen molar-refractivity contribution in [1.29, 1.82) is 0 Å². The van der Waals surface area contributed by atoms with Crippen LogP contribution in [-0.2, 0) is 41.6 Å². The first kappa shape index (κ1) is 47.9. The molecule has 5 aromatic carbocycles. The van der Waals surface area contributed by atoms with Gasteiger partial charge in [0.1, 0.15) is 35.2 Å². The molecule has 0 N–H and O–H groups in total. The van der Waals surface area contributed by atoms with Crippen molar-refractivity contribution >= 4 is 0 Å². The summed E-state index contributed by atoms with van der Waals surface area (Å²) in [6, 6.07) is 55.2. The van der Waals surface area contributed by atoms with Crippen molar-refractivity contribution < 1.29 is 42.0 Å². The van der Waals surface area contributed by atoms with Gasteiger partial charge in [-0.15, -0.1) is 0 Å². The zero-order chi connectivity index (χ0) is 74.1. The highest BCUT2D eigenvalue weighted by molar-refractivity contribution is 5.65. The lowest BCUT2D eigenvalue weighted by Gasteiger charge is -2.11. The summed E-state index contributed by atoms with van der Waals surface area (Å²) in [7, 11) is 9.70. The van der Waals surface area contributed by atoms with Crippen molar-refractivity contribution in [3.63, 3.8) is 0 Å². The Morgan fingerprint density at radius 1 is 0.333 bits per heavy atom. The lowest BCUT2D eigenvalue weighted by atomic mass is 9.95. The molecular weight excluding hydrogens is 1050 g/mol. The molecule has 448 valence electrons. The number of hydrogen-bond donors (Lipinski definition) is 0. The predicted octanol–water partition coefficient (Wildman–Crippen LogP) is 17.9. The van der Waals surface area contributed by atoms with Crippen molar-refractivity contribution in [1.82, 2.24) is 0 Å². The minimum Gasteiger partial charge on any atom is -0.201 e. The highest BCUT2D eigenvalue weighted by atomic mass is 14.9. The molecule has 87 heavy (non-hydrogen) atoms. The van der Waals surface area contributed by atoms with E-state index in [1.165, 1.54) is 127 Å². The van der Waals surface area contributed by atoms with Gasteiger partial charge in [0.15, 0.2) is 31.0 Å². The normalized spacial score (nSPS) is 16.0. The van der Waals surface area contributed by atoms with Gasteiger partial charge in [0.2, 0.25) is 28.5 Å². The fourth-order valence-corrected chi connectivity index (χ4v) is 12.1. The molecule has 0 atom stereocenters. The molecule has 0 unspecified atom stereocenters. The summed E-state index contributed by atoms with van der Waals surface area (Å²) in [5.74, 6) is 1.57. The van der Waals surface area contributed by atoms with E-state index in [1.54, 1.807) is 35.5 Å². The van der Waals surface area contributed by atoms with Crippen molar-refractivity contribution in [2.24, 2.45) is 35.2 Å². The topological polar surface area (TPSA) is 19.4 Å². The van der Waals surface area contributed by atoms with Crippen molar-refractivity contribution in [2.45, 2.75) is 145 Å². The Balaban J connectivity index is 0.000000161. The molecule has 0 aliphatic heterocycles. The minimum atomic E-state index is -2.48. The van der Waals surface area contributed by atoms with Gasteiger partial charge in [-0.2, -0.15) is 0 Å². The first-order valence-corrected chi connectivity index (χ1v) is 30.7. The highest BCUT2D eigenvalue weighted by Gasteiger charge is 2.23. The van der Waals surface area contributed by atoms with Gasteiger partial charge in [-0.1, -0.05) is 124 Å². The summed E-state index contributed by atoms with van der Waals surface area (Å²) in [6.07, 6.45) is 18.5. The Morgan fingerprint density at radius 3 is 1.08 bits per heavy atom. The summed E-state index contributed by atoms with van der Waals surface area (Å²) in [5.41, 5.74) is 21.0. The molecule has 10 aromatic rings. The lowest BCUT2D eigenvalue weighted by molar-refractivity contribution is -0.661. The van der Waals surface area contributed by atoms with Crippen molar-refractivity contribution in [3.8, 4) is 56.3 Å². The molecule has 12 rings (SSSR count). The fourth-order valence-electron chi connectivity index (χ4n) is 12.1. The van der Waals surface area contributed by atoms with Crippen LogP contribution in [0.5, 0.6) is 0 Å². The Kier molecular flexibility index (Phi) is 16.8. The number of aryl methyl sites for hydroxylation is 16. The third-order valence-electron chi connectivity index (χ3n) is 17.4. The van der Waals surface area contributed by atoms with E-state index in [9.17, 15) is 0 Å². The maximum Gasteiger partial charge on any atom is 0.212 e. The lowest BCUT2D eigenvalue weighted by Crippen LogP contribution is -2.31. The van der Waals surface area contributed by atoms with E-state index in [0.29, 0.717) is 11.3 Å². The fraction of sp³-hybridized carbons (Fsp3) is 0.329. The number of hydrogen-bond acceptors (Lipinski definition) is 0. The molecule has 2 aliphatic carbocycles. The van der Waals surface area contributed by atoms with Crippen LogP contribution in [0.3, 0.4) is 0 Å². The van der Waals surface area contributed by atoms with E-state index in [2.05, 4.69) is 141 Å². The van der Waals surface area contributed by atoms with E-state index >= 15 is 0 Å². The molecule has 0 saturated heterocycles. The Bertz CT molecular complexity index is 4390. The van der Waals surface area contributed by atoms with E-state index in [4.69, 9.17) is 19.2 Å². The van der Waals surface area contributed by atoms with Gasteiger partial charge < -0.3 is 0 Å². The van der Waals surface area contributed by atoms with E-state index in [0.717, 1.165) is 56.6 Å². The molecule has 0 spiro atoms. The van der Waals surface area contributed by atoms with E-state index in [1.807, 2.05) is 99.1 Å². The summed E-state index contributed by atoms with van der Waals surface area (Å²) in [5, 5.41) is 0. The van der Waals surface area contributed by atoms with Crippen LogP contribution in [0.4, 0.5) is 0 Å². The number of benzene rings is 5. The summed E-state index contributed by atoms with van der Waals surface area (Å²) < 4.78 is 117. The zero-order valence-electron chi connectivity index (χ0n) is 67.5. The highest BCUT2D eigenvalue weighted by Crippen LogP contribution is 2.36. The molecule has 5 aromatic heterocycles. The quantitative estimate of drug-likeness (QED) is 0.135. The SMILES string of the molecule is Cc1ccccc1-c1cc(C2CCCC2)cc[n+]1C.Cc1ccccc1-c1ccc(C2CCCC2)c[n+]1C.[2H]C([2H])([2H])c1c[n+](C)c(-c2ccccc2C)cc1C.[2H]C([2H])([2H])c1c[n+](C)c(-c2ccccc2C)cc1C([2H])([2H])C.[2H]C([2H])([2H])c1cc(-c2ccccc2C)[n+](C)cc1C([2H])([2H])[2H]. The van der Waals surface area contributed by atoms with Gasteiger partial charge in [-0.25, -0.2) is 22.8 Å². The number of nitrogens with zero attached hydrogens (tertiary/aromatic N) is 5. The average Bonchev–Trinajstić information content (AvgIpc) is 0.906. The Morgan fingerprint density at radius 2 is 0.678 bits per heavy atom. The smallest absolute Gasteiger partial charge is 0.201 e. The molecule has 0 bridgehead atoms. The first-order chi connectivity index (χ1) is 47.3. The Labute approximate surface area is 544 Å². The van der Waals surface area contributed by atoms with E-state index in [-0.39, 0.29) is 22.3 Å². The van der Waals surface area contributed by atoms with Crippen LogP contribution < -0.4 is 22.8 Å². The molecule has 2 saturated carbocycles. The summed E-state index contributed by atoms with van der Waals surface area (Å²) in [4.78, 5) is 0. The molecule has 5 heteroatoms. The van der Waals surface area contributed by atoms with Crippen LogP contribution in [-0.4, -0.2) is 0 Å². The van der Waals surface area contributed by atoms with Crippen LogP contribution in [0.15, 0.2) is 195 Å². The molecule has 5 heterocycles. The standard InChI is InChI=1S/2C18H22N.C16H20N.2C15H18N/c1-14-7-3-6-10-17(14)18-13-16(11-12-19(18)2)15-8-4-5-9-15;1-14-7-3-6-10-17(14)18-12-11-16(13-19(18)2)15-8-4-5-9-15;1-5-14-10-16(17(4)11-13(14)3)15-9-7-6-8-12(15)2;2*1-11-7-5-6-8-14(11)15-9-12(2)13(3)10-16(15)4/h2*3,6-7,10-13,15H,4-5,8-9H2,1-2H3;6-11H,5H2,1-4H3;2*5-10H,1-4H3/q5*+1/i;;3D3,5D2;2D3,3D3;3D3. The zero-order valence-corrected chi connectivity index (χ0v) is 53.5. The average molecular weight is 1170 g/mol. The van der Waals surface area contributed by atoms with Crippen LogP contribution in [0, 0.1) is 68.9 Å². The van der Waals surface area contributed by atoms with Crippen LogP contribution in [0.2, 0.25) is 0 Å². The number of rotatable bonds is 8. The van der Waals surface area contributed by atoms with Gasteiger partial charge >= 0.3 is 0 Å². The van der Waals surface area contributed by atoms with Gasteiger partial charge in [0.05, 0.1) is 0 Å². The molecule has 0 amide bonds. The maximum absolute atomic E-state index is 7.98. The second-order valence-corrected chi connectivity index (χ2v) is 23.8. The molecule has 2 aliphatic rings. The largest absolute Gasteiger partial charge is 0.212 e. The molecule has 5 nitrogen and oxygen atoms in total. The predicted molar refractivity (Wildman–Crippen MR) is 364 cm³/mol. The van der Waals surface area contributed by atoms with Crippen LogP contribution in [0.1, 0.15) is 162 Å². The second-order valence-electron chi connectivity index (χ2n) is 23.8. The van der Waals surface area contributed by atoms with Crippen LogP contribution >= 0.6 is 0 Å². The summed E-state index contributed by atoms with van der Waals surface area (Å²) in [6.45, 7) is 4.23. The first-order valence-electron chi connectivity index (χ1n) is 37.7. The maximum atomic E-state index is 7.98. The Hall–Kier alpha value is -8.15. The van der Waals surface area contributed by atoms with Gasteiger partial charge in [0.25, 0.3) is 0 Å². The van der Waals surface area contributed by atoms with Gasteiger partial charge in [-0.3, -0.25) is 0 Å². The van der Waals surface area contributed by atoms with Gasteiger partial charge in [-0.05, 0) is 199 Å². The summed E-state index contributed by atoms with van der Waals surface area (Å²) >= 11 is 0. The molecule has 2 fully saturated rings. The van der Waals surface area contributed by atoms with Gasteiger partial charge in [0, 0.05) is 106 Å². The van der Waals surface area contributed by atoms with E-state index < -0.39 is 33.8 Å². The molecular formula is C82H100N5+5. The van der Waals surface area contributed by atoms with Crippen molar-refractivity contribution in [3.05, 3.63) is 267 Å². The second kappa shape index (κ2) is 30.5. The minimum absolute atomic E-state index is 0.0554. The third-order valence-corrected chi connectivity index (χ3v) is 17.4.